The van der Waals surface area contributed by atoms with Gasteiger partial charge in [-0.2, -0.15) is 0 Å². The van der Waals surface area contributed by atoms with Gasteiger partial charge in [-0.25, -0.2) is 0 Å². The Hall–Kier alpha value is -0.400. The summed E-state index contributed by atoms with van der Waals surface area (Å²) in [7, 11) is 0. The summed E-state index contributed by atoms with van der Waals surface area (Å²) in [4.78, 5) is 14.3. The second kappa shape index (κ2) is 5.49. The molecule has 88 valence electrons. The molecule has 0 radical (unpaired) electrons. The number of hydrogen-bond acceptors (Lipinski definition) is 3. The van der Waals surface area contributed by atoms with Gasteiger partial charge >= 0.3 is 0 Å². The summed E-state index contributed by atoms with van der Waals surface area (Å²) in [6, 6.07) is 8.03. The first-order valence-electron chi connectivity index (χ1n) is 5.12. The number of hydrogen-bond donors (Lipinski definition) is 0. The lowest BCUT2D eigenvalue weighted by molar-refractivity contribution is -0.121. The van der Waals surface area contributed by atoms with Gasteiger partial charge in [0.15, 0.2) is 0 Å². The fourth-order valence-corrected chi connectivity index (χ4v) is 3.47. The standard InChI is InChI=1S/C12H10INOS2/c1-2-14-11(15)10(17-12(14)16)7-8-4-3-5-9(13)6-8/h3-7H,2H2,1H3. The minimum Gasteiger partial charge on any atom is -0.293 e. The number of likely N-dealkylation sites (N-methyl/N-ethyl adjacent to an activating group) is 1. The van der Waals surface area contributed by atoms with Gasteiger partial charge in [-0.05, 0) is 53.3 Å². The lowest BCUT2D eigenvalue weighted by Gasteiger charge is -2.09. The molecule has 1 aromatic carbocycles. The largest absolute Gasteiger partial charge is 0.293 e. The molecule has 0 spiro atoms. The molecule has 5 heteroatoms. The molecule has 2 rings (SSSR count). The predicted molar refractivity (Wildman–Crippen MR) is 84.7 cm³/mol. The molecule has 1 heterocycles. The van der Waals surface area contributed by atoms with Crippen LogP contribution in [0.25, 0.3) is 6.08 Å². The lowest BCUT2D eigenvalue weighted by Crippen LogP contribution is -2.27. The average Bonchev–Trinajstić information content (AvgIpc) is 2.54. The van der Waals surface area contributed by atoms with E-state index < -0.39 is 0 Å². The van der Waals surface area contributed by atoms with Crippen molar-refractivity contribution in [1.82, 2.24) is 4.90 Å². The van der Waals surface area contributed by atoms with Crippen LogP contribution < -0.4 is 0 Å². The Balaban J connectivity index is 2.30. The maximum absolute atomic E-state index is 12.0. The first-order chi connectivity index (χ1) is 8.11. The second-order valence-corrected chi connectivity index (χ2v) is 6.40. The van der Waals surface area contributed by atoms with E-state index in [-0.39, 0.29) is 5.91 Å². The van der Waals surface area contributed by atoms with E-state index in [9.17, 15) is 4.79 Å². The fourth-order valence-electron chi connectivity index (χ4n) is 1.52. The number of halogens is 1. The number of amides is 1. The van der Waals surface area contributed by atoms with Crippen molar-refractivity contribution < 1.29 is 4.79 Å². The molecule has 1 fully saturated rings. The minimum absolute atomic E-state index is 0.0151. The molecule has 1 aliphatic heterocycles. The summed E-state index contributed by atoms with van der Waals surface area (Å²) < 4.78 is 1.80. The molecule has 1 aromatic rings. The first kappa shape index (κ1) is 13.0. The Morgan fingerprint density at radius 3 is 2.88 bits per heavy atom. The van der Waals surface area contributed by atoms with Crippen LogP contribution in [0.4, 0.5) is 0 Å². The zero-order valence-electron chi connectivity index (χ0n) is 9.14. The topological polar surface area (TPSA) is 20.3 Å². The van der Waals surface area contributed by atoms with Gasteiger partial charge in [0.25, 0.3) is 5.91 Å². The number of rotatable bonds is 2. The molecule has 1 saturated heterocycles. The van der Waals surface area contributed by atoms with E-state index >= 15 is 0 Å². The minimum atomic E-state index is 0.0151. The van der Waals surface area contributed by atoms with Crippen molar-refractivity contribution in [1.29, 1.82) is 0 Å². The smallest absolute Gasteiger partial charge is 0.266 e. The third-order valence-electron chi connectivity index (χ3n) is 2.34. The molecule has 0 N–H and O–H groups in total. The molecular weight excluding hydrogens is 365 g/mol. The summed E-state index contributed by atoms with van der Waals surface area (Å²) >= 11 is 8.79. The second-order valence-electron chi connectivity index (χ2n) is 3.48. The van der Waals surface area contributed by atoms with Crippen molar-refractivity contribution in [2.24, 2.45) is 0 Å². The summed E-state index contributed by atoms with van der Waals surface area (Å²) in [6.07, 6.45) is 1.90. The Kier molecular flexibility index (Phi) is 4.22. The van der Waals surface area contributed by atoms with Crippen LogP contribution >= 0.6 is 46.6 Å². The van der Waals surface area contributed by atoms with Crippen LogP contribution in [0, 0.1) is 3.57 Å². The van der Waals surface area contributed by atoms with E-state index in [0.717, 1.165) is 9.13 Å². The average molecular weight is 375 g/mol. The molecule has 0 bridgehead atoms. The fraction of sp³-hybridized carbons (Fsp3) is 0.167. The van der Waals surface area contributed by atoms with E-state index in [1.165, 1.54) is 11.8 Å². The number of thiocarbonyl (C=S) groups is 1. The highest BCUT2D eigenvalue weighted by Gasteiger charge is 2.30. The number of carbonyl (C=O) groups is 1. The highest BCUT2D eigenvalue weighted by Crippen LogP contribution is 2.32. The molecule has 0 aromatic heterocycles. The molecule has 0 atom stereocenters. The van der Waals surface area contributed by atoms with Crippen LogP contribution in [0.5, 0.6) is 0 Å². The molecule has 17 heavy (non-hydrogen) atoms. The lowest BCUT2D eigenvalue weighted by atomic mass is 10.2. The van der Waals surface area contributed by atoms with Crippen LogP contribution in [-0.2, 0) is 4.79 Å². The molecule has 2 nitrogen and oxygen atoms in total. The van der Waals surface area contributed by atoms with Crippen molar-refractivity contribution in [2.75, 3.05) is 6.54 Å². The van der Waals surface area contributed by atoms with E-state index in [0.29, 0.717) is 15.8 Å². The van der Waals surface area contributed by atoms with Crippen LogP contribution in [0.2, 0.25) is 0 Å². The van der Waals surface area contributed by atoms with E-state index in [2.05, 4.69) is 22.6 Å². The maximum Gasteiger partial charge on any atom is 0.266 e. The van der Waals surface area contributed by atoms with Crippen LogP contribution in [0.3, 0.4) is 0 Å². The summed E-state index contributed by atoms with van der Waals surface area (Å²) in [5.74, 6) is 0.0151. The van der Waals surface area contributed by atoms with E-state index in [1.54, 1.807) is 4.90 Å². The van der Waals surface area contributed by atoms with Gasteiger partial charge in [-0.3, -0.25) is 9.69 Å². The zero-order valence-corrected chi connectivity index (χ0v) is 12.9. The van der Waals surface area contributed by atoms with Crippen molar-refractivity contribution in [2.45, 2.75) is 6.92 Å². The third kappa shape index (κ3) is 2.89. The summed E-state index contributed by atoms with van der Waals surface area (Å²) in [6.45, 7) is 2.56. The number of benzene rings is 1. The highest BCUT2D eigenvalue weighted by atomic mass is 127. The summed E-state index contributed by atoms with van der Waals surface area (Å²) in [5, 5.41) is 0. The van der Waals surface area contributed by atoms with Crippen molar-refractivity contribution in [3.63, 3.8) is 0 Å². The SMILES string of the molecule is CCN1C(=O)C(=Cc2cccc(I)c2)SC1=S. The molecule has 0 aliphatic carbocycles. The quantitative estimate of drug-likeness (QED) is 0.448. The number of thioether (sulfide) groups is 1. The van der Waals surface area contributed by atoms with Crippen LogP contribution in [0.15, 0.2) is 29.2 Å². The summed E-state index contributed by atoms with van der Waals surface area (Å²) in [5.41, 5.74) is 1.04. The first-order valence-corrected chi connectivity index (χ1v) is 7.43. The van der Waals surface area contributed by atoms with Crippen molar-refractivity contribution >= 4 is 62.9 Å². The van der Waals surface area contributed by atoms with Crippen molar-refractivity contribution in [3.8, 4) is 0 Å². The van der Waals surface area contributed by atoms with E-state index in [1.807, 2.05) is 37.3 Å². The van der Waals surface area contributed by atoms with Crippen LogP contribution in [-0.4, -0.2) is 21.7 Å². The molecule has 0 unspecified atom stereocenters. The predicted octanol–water partition coefficient (Wildman–Crippen LogP) is 3.51. The maximum atomic E-state index is 12.0. The van der Waals surface area contributed by atoms with Gasteiger partial charge in [-0.15, -0.1) is 0 Å². The Labute approximate surface area is 124 Å². The third-order valence-corrected chi connectivity index (χ3v) is 4.39. The van der Waals surface area contributed by atoms with Crippen molar-refractivity contribution in [3.05, 3.63) is 38.3 Å². The van der Waals surface area contributed by atoms with Gasteiger partial charge in [0.1, 0.15) is 4.32 Å². The zero-order chi connectivity index (χ0) is 12.4. The molecule has 1 aliphatic rings. The van der Waals surface area contributed by atoms with Crippen LogP contribution in [0.1, 0.15) is 12.5 Å². The van der Waals surface area contributed by atoms with Gasteiger partial charge in [0, 0.05) is 10.1 Å². The van der Waals surface area contributed by atoms with Gasteiger partial charge in [0.2, 0.25) is 0 Å². The van der Waals surface area contributed by atoms with Gasteiger partial charge in [0.05, 0.1) is 4.91 Å². The Morgan fingerprint density at radius 2 is 2.29 bits per heavy atom. The van der Waals surface area contributed by atoms with Gasteiger partial charge < -0.3 is 0 Å². The highest BCUT2D eigenvalue weighted by molar-refractivity contribution is 14.1. The molecule has 1 amide bonds. The monoisotopic (exact) mass is 375 g/mol. The molecular formula is C12H10INOS2. The Morgan fingerprint density at radius 1 is 1.53 bits per heavy atom. The van der Waals surface area contributed by atoms with E-state index in [4.69, 9.17) is 12.2 Å². The molecule has 0 saturated carbocycles. The Bertz CT molecular complexity index is 513. The number of nitrogens with zero attached hydrogens (tertiary/aromatic N) is 1. The number of carbonyl (C=O) groups excluding carboxylic acids is 1. The normalized spacial score (nSPS) is 18.2. The van der Waals surface area contributed by atoms with Gasteiger partial charge in [-0.1, -0.05) is 36.1 Å².